The predicted octanol–water partition coefficient (Wildman–Crippen LogP) is 2.80. The van der Waals surface area contributed by atoms with Crippen LogP contribution in [0.4, 0.5) is 0 Å². The van der Waals surface area contributed by atoms with Gasteiger partial charge in [0.1, 0.15) is 0 Å². The van der Waals surface area contributed by atoms with Crippen LogP contribution in [-0.4, -0.2) is 34.7 Å². The van der Waals surface area contributed by atoms with E-state index in [0.717, 1.165) is 24.8 Å². The summed E-state index contributed by atoms with van der Waals surface area (Å²) in [5.74, 6) is 0.801. The van der Waals surface area contributed by atoms with Crippen molar-refractivity contribution in [1.82, 2.24) is 4.90 Å². The molecule has 0 radical (unpaired) electrons. The average molecular weight is 225 g/mol. The van der Waals surface area contributed by atoms with Crippen LogP contribution < -0.4 is 0 Å². The summed E-state index contributed by atoms with van der Waals surface area (Å²) in [6, 6.07) is 1.53. The first-order valence-corrected chi connectivity index (χ1v) is 7.10. The van der Waals surface area contributed by atoms with Crippen molar-refractivity contribution in [3.63, 3.8) is 0 Å². The molecule has 0 heterocycles. The van der Waals surface area contributed by atoms with Crippen LogP contribution in [0.3, 0.4) is 0 Å². The van der Waals surface area contributed by atoms with Crippen LogP contribution in [0.5, 0.6) is 0 Å². The highest BCUT2D eigenvalue weighted by Crippen LogP contribution is 2.34. The summed E-state index contributed by atoms with van der Waals surface area (Å²) in [5.41, 5.74) is 0. The molecule has 2 nitrogen and oxygen atoms in total. The molecule has 2 aliphatic carbocycles. The van der Waals surface area contributed by atoms with Crippen LogP contribution in [0.2, 0.25) is 0 Å². The maximum atomic E-state index is 9.78. The van der Waals surface area contributed by atoms with Gasteiger partial charge in [0.15, 0.2) is 0 Å². The molecule has 2 atom stereocenters. The molecule has 2 fully saturated rings. The third-order valence-corrected chi connectivity index (χ3v) is 4.07. The zero-order chi connectivity index (χ0) is 11.5. The van der Waals surface area contributed by atoms with Crippen LogP contribution in [-0.2, 0) is 0 Å². The summed E-state index contributed by atoms with van der Waals surface area (Å²) < 4.78 is 0. The molecular weight excluding hydrogens is 198 g/mol. The zero-order valence-corrected chi connectivity index (χ0v) is 10.9. The number of nitrogens with zero attached hydrogens (tertiary/aromatic N) is 1. The molecule has 0 aromatic heterocycles. The molecule has 0 amide bonds. The van der Waals surface area contributed by atoms with Crippen molar-refractivity contribution < 1.29 is 5.11 Å². The third-order valence-electron chi connectivity index (χ3n) is 4.07. The van der Waals surface area contributed by atoms with Gasteiger partial charge in [0.05, 0.1) is 6.10 Å². The molecule has 1 N–H and O–H groups in total. The fourth-order valence-corrected chi connectivity index (χ4v) is 2.92. The molecule has 0 saturated heterocycles. The number of aliphatic hydroxyl groups is 1. The summed E-state index contributed by atoms with van der Waals surface area (Å²) in [4.78, 5) is 2.71. The molecule has 16 heavy (non-hydrogen) atoms. The summed E-state index contributed by atoms with van der Waals surface area (Å²) in [5, 5.41) is 9.78. The molecule has 0 bridgehead atoms. The molecule has 2 heteroatoms. The summed E-state index contributed by atoms with van der Waals surface area (Å²) in [6.45, 7) is 5.86. The molecule has 2 unspecified atom stereocenters. The first-order valence-electron chi connectivity index (χ1n) is 7.10. The summed E-state index contributed by atoms with van der Waals surface area (Å²) in [6.07, 6.45) is 8.65. The SMILES string of the molecule is CC(C)CCN(C1CC1)C1CCCC(O)C1. The Morgan fingerprint density at radius 2 is 1.88 bits per heavy atom. The molecule has 0 aliphatic heterocycles. The highest BCUT2D eigenvalue weighted by molar-refractivity contribution is 4.91. The molecule has 0 spiro atoms. The van der Waals surface area contributed by atoms with Crippen molar-refractivity contribution in [2.45, 2.75) is 77.0 Å². The minimum atomic E-state index is -0.0287. The largest absolute Gasteiger partial charge is 0.393 e. The number of aliphatic hydroxyl groups excluding tert-OH is 1. The first-order chi connectivity index (χ1) is 7.66. The first kappa shape index (κ1) is 12.4. The second kappa shape index (κ2) is 5.50. The monoisotopic (exact) mass is 225 g/mol. The maximum absolute atomic E-state index is 9.78. The van der Waals surface area contributed by atoms with E-state index >= 15 is 0 Å². The second-order valence-corrected chi connectivity index (χ2v) is 6.13. The van der Waals surface area contributed by atoms with E-state index in [1.165, 1.54) is 38.6 Å². The van der Waals surface area contributed by atoms with Crippen molar-refractivity contribution in [3.8, 4) is 0 Å². The van der Waals surface area contributed by atoms with Crippen LogP contribution >= 0.6 is 0 Å². The van der Waals surface area contributed by atoms with Gasteiger partial charge >= 0.3 is 0 Å². The minimum Gasteiger partial charge on any atom is -0.393 e. The lowest BCUT2D eigenvalue weighted by Gasteiger charge is -2.36. The molecule has 2 rings (SSSR count). The number of rotatable bonds is 5. The van der Waals surface area contributed by atoms with Gasteiger partial charge in [0.2, 0.25) is 0 Å². The van der Waals surface area contributed by atoms with E-state index < -0.39 is 0 Å². The van der Waals surface area contributed by atoms with Gasteiger partial charge in [-0.2, -0.15) is 0 Å². The van der Waals surface area contributed by atoms with E-state index in [2.05, 4.69) is 18.7 Å². The van der Waals surface area contributed by atoms with Crippen molar-refractivity contribution in [1.29, 1.82) is 0 Å². The van der Waals surface area contributed by atoms with Crippen LogP contribution in [0.25, 0.3) is 0 Å². The topological polar surface area (TPSA) is 23.5 Å². The van der Waals surface area contributed by atoms with E-state index in [1.807, 2.05) is 0 Å². The lowest BCUT2D eigenvalue weighted by molar-refractivity contribution is 0.0557. The Bertz CT molecular complexity index is 213. The maximum Gasteiger partial charge on any atom is 0.0555 e. The Hall–Kier alpha value is -0.0800. The molecule has 94 valence electrons. The van der Waals surface area contributed by atoms with Gasteiger partial charge in [-0.1, -0.05) is 13.8 Å². The number of hydrogen-bond donors (Lipinski definition) is 1. The predicted molar refractivity (Wildman–Crippen MR) is 67.4 cm³/mol. The Kier molecular flexibility index (Phi) is 4.26. The fourth-order valence-electron chi connectivity index (χ4n) is 2.92. The smallest absolute Gasteiger partial charge is 0.0555 e. The molecule has 2 aliphatic rings. The fraction of sp³-hybridized carbons (Fsp3) is 1.00. The van der Waals surface area contributed by atoms with Crippen LogP contribution in [0, 0.1) is 5.92 Å². The summed E-state index contributed by atoms with van der Waals surface area (Å²) >= 11 is 0. The number of hydrogen-bond acceptors (Lipinski definition) is 2. The molecular formula is C14H27NO. The van der Waals surface area contributed by atoms with Gasteiger partial charge in [-0.05, 0) is 57.4 Å². The quantitative estimate of drug-likeness (QED) is 0.777. The van der Waals surface area contributed by atoms with Gasteiger partial charge in [-0.3, -0.25) is 4.90 Å². The lowest BCUT2D eigenvalue weighted by Crippen LogP contribution is -2.42. The normalized spacial score (nSPS) is 31.3. The Morgan fingerprint density at radius 3 is 2.44 bits per heavy atom. The molecule has 0 aromatic carbocycles. The minimum absolute atomic E-state index is 0.0287. The highest BCUT2D eigenvalue weighted by Gasteiger charge is 2.35. The zero-order valence-electron chi connectivity index (χ0n) is 10.9. The Labute approximate surface area is 100 Å². The van der Waals surface area contributed by atoms with Gasteiger partial charge < -0.3 is 5.11 Å². The lowest BCUT2D eigenvalue weighted by atomic mass is 9.91. The van der Waals surface area contributed by atoms with E-state index in [-0.39, 0.29) is 6.10 Å². The van der Waals surface area contributed by atoms with Crippen molar-refractivity contribution in [3.05, 3.63) is 0 Å². The van der Waals surface area contributed by atoms with Gasteiger partial charge in [-0.15, -0.1) is 0 Å². The van der Waals surface area contributed by atoms with E-state index in [4.69, 9.17) is 0 Å². The van der Waals surface area contributed by atoms with Gasteiger partial charge in [-0.25, -0.2) is 0 Å². The van der Waals surface area contributed by atoms with E-state index in [1.54, 1.807) is 0 Å². The van der Waals surface area contributed by atoms with Crippen LogP contribution in [0.15, 0.2) is 0 Å². The van der Waals surface area contributed by atoms with Crippen LogP contribution in [0.1, 0.15) is 58.8 Å². The standard InChI is InChI=1S/C14H27NO/c1-11(2)8-9-15(12-6-7-12)13-4-3-5-14(16)10-13/h11-14,16H,3-10H2,1-2H3. The van der Waals surface area contributed by atoms with Crippen molar-refractivity contribution >= 4 is 0 Å². The summed E-state index contributed by atoms with van der Waals surface area (Å²) in [7, 11) is 0. The Balaban J connectivity index is 1.85. The van der Waals surface area contributed by atoms with E-state index in [9.17, 15) is 5.11 Å². The Morgan fingerprint density at radius 1 is 1.12 bits per heavy atom. The van der Waals surface area contributed by atoms with Crippen molar-refractivity contribution in [2.75, 3.05) is 6.54 Å². The van der Waals surface area contributed by atoms with Crippen molar-refractivity contribution in [2.24, 2.45) is 5.92 Å². The highest BCUT2D eigenvalue weighted by atomic mass is 16.3. The average Bonchev–Trinajstić information content (AvgIpc) is 3.02. The van der Waals surface area contributed by atoms with Gasteiger partial charge in [0, 0.05) is 12.1 Å². The molecule has 2 saturated carbocycles. The molecule has 0 aromatic rings. The second-order valence-electron chi connectivity index (χ2n) is 6.13. The van der Waals surface area contributed by atoms with Gasteiger partial charge in [0.25, 0.3) is 0 Å². The third kappa shape index (κ3) is 3.46. The van der Waals surface area contributed by atoms with E-state index in [0.29, 0.717) is 6.04 Å².